The first-order valence-corrected chi connectivity index (χ1v) is 8.82. The number of benzene rings is 1. The molecule has 1 aromatic carbocycles. The number of hydrogen-bond acceptors (Lipinski definition) is 6. The zero-order valence-electron chi connectivity index (χ0n) is 15.2. The van der Waals surface area contributed by atoms with E-state index in [1.807, 2.05) is 6.08 Å². The van der Waals surface area contributed by atoms with Crippen LogP contribution in [0.5, 0.6) is 0 Å². The van der Waals surface area contributed by atoms with E-state index in [0.29, 0.717) is 5.56 Å². The second-order valence-electron chi connectivity index (χ2n) is 6.75. The van der Waals surface area contributed by atoms with Crippen LogP contribution in [0.3, 0.4) is 0 Å². The second-order valence-corrected chi connectivity index (χ2v) is 6.75. The SMILES string of the molecule is CNC(=O)NC(=O)/C(=C/C1CCCC1)c1ccc(C2(C)N=NN=N2)c(F)c1. The van der Waals surface area contributed by atoms with Gasteiger partial charge in [0.15, 0.2) is 0 Å². The summed E-state index contributed by atoms with van der Waals surface area (Å²) in [5.41, 5.74) is -0.332. The third-order valence-electron chi connectivity index (χ3n) is 4.81. The third kappa shape index (κ3) is 4.07. The third-order valence-corrected chi connectivity index (χ3v) is 4.81. The molecule has 1 aliphatic carbocycles. The number of carbonyl (C=O) groups is 2. The Kier molecular flexibility index (Phi) is 5.38. The van der Waals surface area contributed by atoms with Gasteiger partial charge in [-0.05, 0) is 47.8 Å². The molecule has 1 aliphatic heterocycles. The van der Waals surface area contributed by atoms with E-state index >= 15 is 0 Å². The van der Waals surface area contributed by atoms with Gasteiger partial charge in [-0.25, -0.2) is 9.18 Å². The van der Waals surface area contributed by atoms with Gasteiger partial charge in [0.25, 0.3) is 5.91 Å². The van der Waals surface area contributed by atoms with Crippen LogP contribution in [0.2, 0.25) is 0 Å². The molecule has 0 saturated heterocycles. The molecule has 0 unspecified atom stereocenters. The van der Waals surface area contributed by atoms with E-state index in [4.69, 9.17) is 0 Å². The number of rotatable bonds is 4. The largest absolute Gasteiger partial charge is 0.341 e. The Morgan fingerprint density at radius 3 is 2.48 bits per heavy atom. The van der Waals surface area contributed by atoms with Crippen molar-refractivity contribution in [2.24, 2.45) is 26.6 Å². The van der Waals surface area contributed by atoms with Gasteiger partial charge in [-0.3, -0.25) is 10.1 Å². The molecule has 2 aliphatic rings. The molecule has 3 rings (SSSR count). The van der Waals surface area contributed by atoms with Crippen molar-refractivity contribution < 1.29 is 14.0 Å². The Labute approximate surface area is 156 Å². The Bertz CT molecular complexity index is 830. The van der Waals surface area contributed by atoms with E-state index in [1.54, 1.807) is 13.0 Å². The smallest absolute Gasteiger partial charge is 0.321 e. The van der Waals surface area contributed by atoms with Crippen molar-refractivity contribution >= 4 is 17.5 Å². The molecule has 1 heterocycles. The molecule has 1 aromatic rings. The van der Waals surface area contributed by atoms with Crippen molar-refractivity contribution in [1.82, 2.24) is 10.6 Å². The van der Waals surface area contributed by atoms with Crippen molar-refractivity contribution in [2.75, 3.05) is 7.05 Å². The van der Waals surface area contributed by atoms with Crippen LogP contribution in [-0.2, 0) is 10.5 Å². The van der Waals surface area contributed by atoms with E-state index in [-0.39, 0.29) is 17.1 Å². The monoisotopic (exact) mass is 372 g/mol. The van der Waals surface area contributed by atoms with Crippen LogP contribution in [0.15, 0.2) is 45.0 Å². The first-order chi connectivity index (χ1) is 12.9. The molecule has 27 heavy (non-hydrogen) atoms. The summed E-state index contributed by atoms with van der Waals surface area (Å²) in [5, 5.41) is 19.2. The molecule has 0 atom stereocenters. The number of nitrogens with one attached hydrogen (secondary N) is 2. The summed E-state index contributed by atoms with van der Waals surface area (Å²) in [5.74, 6) is -0.909. The van der Waals surface area contributed by atoms with E-state index < -0.39 is 23.4 Å². The summed E-state index contributed by atoms with van der Waals surface area (Å²) in [6.45, 7) is 1.60. The van der Waals surface area contributed by atoms with Crippen LogP contribution in [0.4, 0.5) is 9.18 Å². The van der Waals surface area contributed by atoms with Gasteiger partial charge in [0.1, 0.15) is 5.82 Å². The molecule has 0 aromatic heterocycles. The Morgan fingerprint density at radius 2 is 1.89 bits per heavy atom. The first kappa shape index (κ1) is 18.8. The zero-order chi connectivity index (χ0) is 19.4. The standard InChI is InChI=1S/C18H21FN6O2/c1-18(22-24-25-23-18)14-8-7-12(10-15(14)19)13(9-11-5-3-4-6-11)16(26)21-17(27)20-2/h7-11H,3-6H2,1-2H3,(H2,20,21,26,27)/b13-9+. The maximum absolute atomic E-state index is 14.8. The number of nitrogens with zero attached hydrogens (tertiary/aromatic N) is 4. The molecule has 3 amide bonds. The number of urea groups is 1. The Balaban J connectivity index is 1.95. The van der Waals surface area contributed by atoms with Crippen LogP contribution >= 0.6 is 0 Å². The second kappa shape index (κ2) is 7.73. The summed E-state index contributed by atoms with van der Waals surface area (Å²) >= 11 is 0. The molecule has 0 bridgehead atoms. The molecule has 2 N–H and O–H groups in total. The van der Waals surface area contributed by atoms with Crippen molar-refractivity contribution in [3.63, 3.8) is 0 Å². The molecule has 1 fully saturated rings. The number of carbonyl (C=O) groups excluding carboxylic acids is 2. The lowest BCUT2D eigenvalue weighted by atomic mass is 9.94. The highest BCUT2D eigenvalue weighted by molar-refractivity contribution is 6.23. The van der Waals surface area contributed by atoms with Crippen LogP contribution < -0.4 is 10.6 Å². The van der Waals surface area contributed by atoms with Crippen LogP contribution in [0.1, 0.15) is 43.7 Å². The molecule has 9 heteroatoms. The van der Waals surface area contributed by atoms with E-state index in [0.717, 1.165) is 25.7 Å². The van der Waals surface area contributed by atoms with Crippen molar-refractivity contribution in [3.05, 3.63) is 41.2 Å². The first-order valence-electron chi connectivity index (χ1n) is 8.82. The number of hydrogen-bond donors (Lipinski definition) is 2. The highest BCUT2D eigenvalue weighted by Gasteiger charge is 2.33. The normalized spacial score (nSPS) is 18.7. The average molecular weight is 372 g/mol. The van der Waals surface area contributed by atoms with Crippen LogP contribution in [0.25, 0.3) is 5.57 Å². The maximum Gasteiger partial charge on any atom is 0.321 e. The molecule has 142 valence electrons. The molecular formula is C18H21FN6O2. The number of allylic oxidation sites excluding steroid dienone is 1. The quantitative estimate of drug-likeness (QED) is 0.783. The number of halogens is 1. The highest BCUT2D eigenvalue weighted by atomic mass is 19.1. The predicted molar refractivity (Wildman–Crippen MR) is 96.0 cm³/mol. The van der Waals surface area contributed by atoms with Gasteiger partial charge in [-0.15, -0.1) is 10.2 Å². The molecule has 8 nitrogen and oxygen atoms in total. The van der Waals surface area contributed by atoms with Gasteiger partial charge in [0.05, 0.1) is 0 Å². The number of amides is 3. The minimum atomic E-state index is -1.21. The fourth-order valence-corrected chi connectivity index (χ4v) is 3.30. The topological polar surface area (TPSA) is 108 Å². The zero-order valence-corrected chi connectivity index (χ0v) is 15.2. The van der Waals surface area contributed by atoms with Gasteiger partial charge >= 0.3 is 6.03 Å². The van der Waals surface area contributed by atoms with Crippen LogP contribution in [0, 0.1) is 11.7 Å². The Morgan fingerprint density at radius 1 is 1.22 bits per heavy atom. The van der Waals surface area contributed by atoms with E-state index in [2.05, 4.69) is 31.3 Å². The lowest BCUT2D eigenvalue weighted by Gasteiger charge is -2.17. The fourth-order valence-electron chi connectivity index (χ4n) is 3.30. The van der Waals surface area contributed by atoms with Crippen molar-refractivity contribution in [2.45, 2.75) is 38.3 Å². The van der Waals surface area contributed by atoms with Crippen molar-refractivity contribution in [1.29, 1.82) is 0 Å². The van der Waals surface area contributed by atoms with Crippen LogP contribution in [-0.4, -0.2) is 19.0 Å². The maximum atomic E-state index is 14.8. The Hall–Kier alpha value is -2.97. The molecule has 1 saturated carbocycles. The lowest BCUT2D eigenvalue weighted by molar-refractivity contribution is -0.114. The summed E-state index contributed by atoms with van der Waals surface area (Å²) in [6, 6.07) is 3.78. The average Bonchev–Trinajstić information content (AvgIpc) is 3.31. The van der Waals surface area contributed by atoms with Gasteiger partial charge in [-0.2, -0.15) is 0 Å². The summed E-state index contributed by atoms with van der Waals surface area (Å²) < 4.78 is 14.8. The van der Waals surface area contributed by atoms with Gasteiger partial charge in [0.2, 0.25) is 5.66 Å². The fraction of sp³-hybridized carbons (Fsp3) is 0.444. The van der Waals surface area contributed by atoms with Crippen molar-refractivity contribution in [3.8, 4) is 0 Å². The summed E-state index contributed by atoms with van der Waals surface area (Å²) in [6.07, 6.45) is 5.95. The van der Waals surface area contributed by atoms with Gasteiger partial charge in [0, 0.05) is 18.2 Å². The van der Waals surface area contributed by atoms with E-state index in [9.17, 15) is 14.0 Å². The molecular weight excluding hydrogens is 351 g/mol. The van der Waals surface area contributed by atoms with Gasteiger partial charge in [-0.1, -0.05) is 31.1 Å². The molecule has 0 radical (unpaired) electrons. The molecule has 0 spiro atoms. The highest BCUT2D eigenvalue weighted by Crippen LogP contribution is 2.35. The van der Waals surface area contributed by atoms with Gasteiger partial charge < -0.3 is 5.32 Å². The minimum Gasteiger partial charge on any atom is -0.341 e. The predicted octanol–water partition coefficient (Wildman–Crippen LogP) is 3.86. The summed E-state index contributed by atoms with van der Waals surface area (Å²) in [7, 11) is 1.42. The van der Waals surface area contributed by atoms with E-state index in [1.165, 1.54) is 19.2 Å². The number of imide groups is 1. The lowest BCUT2D eigenvalue weighted by Crippen LogP contribution is -2.38. The summed E-state index contributed by atoms with van der Waals surface area (Å²) in [4.78, 5) is 24.1. The minimum absolute atomic E-state index is 0.211.